The molecule has 1 aromatic heterocycles. The van der Waals surface area contributed by atoms with Gasteiger partial charge in [-0.3, -0.25) is 10.3 Å². The van der Waals surface area contributed by atoms with Gasteiger partial charge in [0.15, 0.2) is 0 Å². The van der Waals surface area contributed by atoms with Crippen LogP contribution in [0.3, 0.4) is 0 Å². The van der Waals surface area contributed by atoms with Crippen LogP contribution in [0.4, 0.5) is 23.9 Å². The van der Waals surface area contributed by atoms with E-state index < -0.39 is 12.4 Å². The van der Waals surface area contributed by atoms with Crippen molar-refractivity contribution in [1.82, 2.24) is 20.3 Å². The van der Waals surface area contributed by atoms with E-state index in [-0.39, 0.29) is 24.4 Å². The topological polar surface area (TPSA) is 92.2 Å². The van der Waals surface area contributed by atoms with Gasteiger partial charge in [0.2, 0.25) is 11.8 Å². The Morgan fingerprint density at radius 2 is 1.84 bits per heavy atom. The van der Waals surface area contributed by atoms with Crippen LogP contribution >= 0.6 is 0 Å². The predicted molar refractivity (Wildman–Crippen MR) is 103 cm³/mol. The second-order valence-corrected chi connectivity index (χ2v) is 6.80. The average Bonchev–Trinajstić information content (AvgIpc) is 3.30. The van der Waals surface area contributed by atoms with Gasteiger partial charge >= 0.3 is 12.2 Å². The third-order valence-corrected chi connectivity index (χ3v) is 4.66. The summed E-state index contributed by atoms with van der Waals surface area (Å²) >= 11 is 0. The van der Waals surface area contributed by atoms with Crippen molar-refractivity contribution < 1.29 is 27.4 Å². The second kappa shape index (κ2) is 8.76. The number of carbonyl (C=O) groups excluding carboxylic acids is 1. The van der Waals surface area contributed by atoms with Crippen molar-refractivity contribution in [2.24, 2.45) is 5.10 Å². The number of amides is 2. The molecule has 9 nitrogen and oxygen atoms in total. The molecule has 4 rings (SSSR count). The minimum Gasteiger partial charge on any atom is -0.441 e. The van der Waals surface area contributed by atoms with Crippen LogP contribution in [0.5, 0.6) is 0 Å². The van der Waals surface area contributed by atoms with Crippen molar-refractivity contribution in [2.45, 2.75) is 18.9 Å². The number of alkyl halides is 3. The molecule has 1 N–H and O–H groups in total. The molecule has 0 aliphatic carbocycles. The standard InChI is InChI=1S/C19H19F3N6O3/c20-19(21,22)16-26-25-15(31-16)14-4-2-13(3-5-14)12-28(17-23-6-1-7-24-17)18(29)27-8-10-30-11-9-27/h1-7,16,26H,8-12H2. The van der Waals surface area contributed by atoms with Gasteiger partial charge in [-0.1, -0.05) is 12.1 Å². The van der Waals surface area contributed by atoms with Gasteiger partial charge in [0.25, 0.3) is 6.23 Å². The number of hydrazone groups is 1. The van der Waals surface area contributed by atoms with Crippen LogP contribution in [0.25, 0.3) is 0 Å². The molecule has 1 aromatic carbocycles. The Bertz CT molecular complexity index is 933. The Labute approximate surface area is 175 Å². The summed E-state index contributed by atoms with van der Waals surface area (Å²) in [6, 6.07) is 7.94. The van der Waals surface area contributed by atoms with Gasteiger partial charge in [-0.15, -0.1) is 5.10 Å². The van der Waals surface area contributed by atoms with E-state index >= 15 is 0 Å². The van der Waals surface area contributed by atoms with Crippen LogP contribution in [-0.4, -0.2) is 65.5 Å². The molecular formula is C19H19F3N6O3. The highest BCUT2D eigenvalue weighted by molar-refractivity contribution is 5.95. The number of rotatable bonds is 4. The molecule has 12 heteroatoms. The van der Waals surface area contributed by atoms with Crippen LogP contribution in [0.15, 0.2) is 47.8 Å². The number of halogens is 3. The monoisotopic (exact) mass is 436 g/mol. The first-order valence-corrected chi connectivity index (χ1v) is 9.49. The number of benzene rings is 1. The molecule has 164 valence electrons. The van der Waals surface area contributed by atoms with Crippen LogP contribution in [0, 0.1) is 0 Å². The summed E-state index contributed by atoms with van der Waals surface area (Å²) < 4.78 is 48.3. The molecular weight excluding hydrogens is 417 g/mol. The summed E-state index contributed by atoms with van der Waals surface area (Å²) in [6.45, 7) is 2.02. The van der Waals surface area contributed by atoms with Crippen LogP contribution < -0.4 is 10.3 Å². The van der Waals surface area contributed by atoms with Crippen molar-refractivity contribution in [3.8, 4) is 0 Å². The molecule has 0 radical (unpaired) electrons. The lowest BCUT2D eigenvalue weighted by Gasteiger charge is -2.32. The molecule has 1 saturated heterocycles. The molecule has 2 aromatic rings. The fraction of sp³-hybridized carbons (Fsp3) is 0.368. The number of nitrogens with one attached hydrogen (secondary N) is 1. The number of carbonyl (C=O) groups is 1. The highest BCUT2D eigenvalue weighted by Crippen LogP contribution is 2.25. The maximum Gasteiger partial charge on any atom is 0.446 e. The largest absolute Gasteiger partial charge is 0.446 e. The van der Waals surface area contributed by atoms with E-state index in [1.165, 1.54) is 4.90 Å². The molecule has 2 aliphatic heterocycles. The van der Waals surface area contributed by atoms with Gasteiger partial charge in [-0.25, -0.2) is 14.8 Å². The number of hydrogen-bond acceptors (Lipinski definition) is 7. The van der Waals surface area contributed by atoms with E-state index in [0.29, 0.717) is 31.9 Å². The van der Waals surface area contributed by atoms with Crippen molar-refractivity contribution in [2.75, 3.05) is 31.2 Å². The van der Waals surface area contributed by atoms with Crippen molar-refractivity contribution >= 4 is 17.9 Å². The van der Waals surface area contributed by atoms with Gasteiger partial charge in [-0.2, -0.15) is 13.2 Å². The number of hydrogen-bond donors (Lipinski definition) is 1. The van der Waals surface area contributed by atoms with Gasteiger partial charge < -0.3 is 14.4 Å². The maximum absolute atomic E-state index is 13.1. The normalized spacial score (nSPS) is 18.7. The molecule has 31 heavy (non-hydrogen) atoms. The third-order valence-electron chi connectivity index (χ3n) is 4.66. The lowest BCUT2D eigenvalue weighted by atomic mass is 10.1. The van der Waals surface area contributed by atoms with Crippen molar-refractivity contribution in [3.63, 3.8) is 0 Å². The third kappa shape index (κ3) is 4.85. The maximum atomic E-state index is 13.1. The van der Waals surface area contributed by atoms with Crippen LogP contribution in [0.1, 0.15) is 11.1 Å². The fourth-order valence-electron chi connectivity index (χ4n) is 3.07. The van der Waals surface area contributed by atoms with Crippen molar-refractivity contribution in [3.05, 3.63) is 53.9 Å². The summed E-state index contributed by atoms with van der Waals surface area (Å²) in [4.78, 5) is 24.6. The average molecular weight is 436 g/mol. The van der Waals surface area contributed by atoms with Crippen molar-refractivity contribution in [1.29, 1.82) is 0 Å². The summed E-state index contributed by atoms with van der Waals surface area (Å²) in [5, 5.41) is 3.60. The van der Waals surface area contributed by atoms with E-state index in [2.05, 4.69) is 15.1 Å². The number of ether oxygens (including phenoxy) is 2. The number of anilines is 1. The molecule has 1 unspecified atom stereocenters. The summed E-state index contributed by atoms with van der Waals surface area (Å²) in [5.74, 6) is 0.102. The SMILES string of the molecule is O=C(N1CCOCC1)N(Cc1ccc(C2=NNC(C(F)(F)F)O2)cc1)c1ncccn1. The quantitative estimate of drug-likeness (QED) is 0.790. The smallest absolute Gasteiger partial charge is 0.441 e. The Kier molecular flexibility index (Phi) is 5.89. The summed E-state index contributed by atoms with van der Waals surface area (Å²) in [5.41, 5.74) is 3.03. The van der Waals surface area contributed by atoms with Crippen LogP contribution in [0.2, 0.25) is 0 Å². The first kappa shape index (κ1) is 20.8. The van der Waals surface area contributed by atoms with E-state index in [9.17, 15) is 18.0 Å². The Morgan fingerprint density at radius 1 is 1.16 bits per heavy atom. The number of morpholine rings is 1. The van der Waals surface area contributed by atoms with E-state index in [1.807, 2.05) is 5.43 Å². The molecule has 0 saturated carbocycles. The fourth-order valence-corrected chi connectivity index (χ4v) is 3.07. The highest BCUT2D eigenvalue weighted by atomic mass is 19.4. The van der Waals surface area contributed by atoms with Gasteiger partial charge in [0.1, 0.15) is 0 Å². The predicted octanol–water partition coefficient (Wildman–Crippen LogP) is 2.11. The zero-order valence-electron chi connectivity index (χ0n) is 16.2. The Hall–Kier alpha value is -3.41. The van der Waals surface area contributed by atoms with Crippen LogP contribution in [-0.2, 0) is 16.0 Å². The molecule has 1 fully saturated rings. The molecule has 2 amide bonds. The van der Waals surface area contributed by atoms with E-state index in [1.54, 1.807) is 47.6 Å². The minimum absolute atomic E-state index is 0.151. The number of aromatic nitrogens is 2. The molecule has 0 spiro atoms. The minimum atomic E-state index is -4.57. The second-order valence-electron chi connectivity index (χ2n) is 6.80. The number of urea groups is 1. The molecule has 2 aliphatic rings. The lowest BCUT2D eigenvalue weighted by Crippen LogP contribution is -2.48. The molecule has 0 bridgehead atoms. The highest BCUT2D eigenvalue weighted by Gasteiger charge is 2.45. The van der Waals surface area contributed by atoms with Gasteiger partial charge in [0.05, 0.1) is 19.8 Å². The Morgan fingerprint density at radius 3 is 2.45 bits per heavy atom. The summed E-state index contributed by atoms with van der Waals surface area (Å²) in [6.07, 6.45) is -3.64. The molecule has 1 atom stereocenters. The lowest BCUT2D eigenvalue weighted by molar-refractivity contribution is -0.201. The number of nitrogens with zero attached hydrogens (tertiary/aromatic N) is 5. The zero-order chi connectivity index (χ0) is 21.8. The van der Waals surface area contributed by atoms with Gasteiger partial charge in [0, 0.05) is 31.0 Å². The molecule has 3 heterocycles. The Balaban J connectivity index is 1.49. The first-order valence-electron chi connectivity index (χ1n) is 9.49. The van der Waals surface area contributed by atoms with E-state index in [4.69, 9.17) is 9.47 Å². The zero-order valence-corrected chi connectivity index (χ0v) is 16.2. The van der Waals surface area contributed by atoms with Gasteiger partial charge in [-0.05, 0) is 23.8 Å². The first-order chi connectivity index (χ1) is 14.9. The summed E-state index contributed by atoms with van der Waals surface area (Å²) in [7, 11) is 0. The van der Waals surface area contributed by atoms with E-state index in [0.717, 1.165) is 5.56 Å².